The van der Waals surface area contributed by atoms with Crippen LogP contribution < -0.4 is 4.74 Å². The van der Waals surface area contributed by atoms with E-state index < -0.39 is 0 Å². The number of aryl methyl sites for hydroxylation is 2. The largest absolute Gasteiger partial charge is 0.489 e. The van der Waals surface area contributed by atoms with E-state index in [1.165, 1.54) is 22.3 Å². The van der Waals surface area contributed by atoms with E-state index in [2.05, 4.69) is 86.9 Å². The van der Waals surface area contributed by atoms with Crippen molar-refractivity contribution >= 4 is 15.9 Å². The van der Waals surface area contributed by atoms with Gasteiger partial charge in [0.25, 0.3) is 0 Å². The number of rotatable bonds is 3. The van der Waals surface area contributed by atoms with Gasteiger partial charge in [-0.05, 0) is 53.6 Å². The topological polar surface area (TPSA) is 9.23 Å². The monoisotopic (exact) mass is 346 g/mol. The molecule has 1 nitrogen and oxygen atoms in total. The molecule has 0 saturated heterocycles. The molecule has 0 saturated carbocycles. The summed E-state index contributed by atoms with van der Waals surface area (Å²) in [6, 6.07) is 12.8. The van der Waals surface area contributed by atoms with Crippen LogP contribution in [0, 0.1) is 13.8 Å². The van der Waals surface area contributed by atoms with Crippen molar-refractivity contribution in [2.75, 3.05) is 0 Å². The summed E-state index contributed by atoms with van der Waals surface area (Å²) in [6.45, 7) is 11.5. The van der Waals surface area contributed by atoms with Gasteiger partial charge in [-0.25, -0.2) is 0 Å². The van der Waals surface area contributed by atoms with Gasteiger partial charge in [-0.3, -0.25) is 0 Å². The molecule has 2 heteroatoms. The van der Waals surface area contributed by atoms with Crippen molar-refractivity contribution in [3.05, 3.63) is 63.1 Å². The van der Waals surface area contributed by atoms with Crippen LogP contribution in [0.5, 0.6) is 5.75 Å². The first-order valence-electron chi connectivity index (χ1n) is 7.26. The average Bonchev–Trinajstić information content (AvgIpc) is 2.42. The third-order valence-corrected chi connectivity index (χ3v) is 4.89. The van der Waals surface area contributed by atoms with E-state index in [-0.39, 0.29) is 5.41 Å². The SMILES string of the molecule is Cc1cc(OCc2ccc(C(C)(C)C)cc2)cc(C)c1Br. The van der Waals surface area contributed by atoms with Crippen LogP contribution in [0.1, 0.15) is 43.0 Å². The maximum atomic E-state index is 5.91. The van der Waals surface area contributed by atoms with Crippen molar-refractivity contribution in [3.63, 3.8) is 0 Å². The van der Waals surface area contributed by atoms with E-state index in [0.717, 1.165) is 10.2 Å². The summed E-state index contributed by atoms with van der Waals surface area (Å²) in [6.07, 6.45) is 0. The first kappa shape index (κ1) is 16.1. The highest BCUT2D eigenvalue weighted by Crippen LogP contribution is 2.27. The van der Waals surface area contributed by atoms with Crippen LogP contribution in [0.4, 0.5) is 0 Å². The van der Waals surface area contributed by atoms with Crippen molar-refractivity contribution in [2.24, 2.45) is 0 Å². The Labute approximate surface area is 136 Å². The molecule has 0 aliphatic heterocycles. The predicted molar refractivity (Wildman–Crippen MR) is 93.1 cm³/mol. The van der Waals surface area contributed by atoms with Gasteiger partial charge in [0.1, 0.15) is 12.4 Å². The zero-order chi connectivity index (χ0) is 15.6. The number of benzene rings is 2. The van der Waals surface area contributed by atoms with E-state index in [0.29, 0.717) is 6.61 Å². The van der Waals surface area contributed by atoms with Crippen LogP contribution in [-0.4, -0.2) is 0 Å². The lowest BCUT2D eigenvalue weighted by Crippen LogP contribution is -2.10. The highest BCUT2D eigenvalue weighted by Gasteiger charge is 2.12. The summed E-state index contributed by atoms with van der Waals surface area (Å²) in [5, 5.41) is 0. The number of hydrogen-bond acceptors (Lipinski definition) is 1. The molecule has 0 aromatic heterocycles. The zero-order valence-electron chi connectivity index (χ0n) is 13.5. The fourth-order valence-corrected chi connectivity index (χ4v) is 2.49. The van der Waals surface area contributed by atoms with Gasteiger partial charge in [-0.15, -0.1) is 0 Å². The second kappa shape index (κ2) is 6.23. The van der Waals surface area contributed by atoms with Crippen LogP contribution in [-0.2, 0) is 12.0 Å². The molecule has 0 radical (unpaired) electrons. The van der Waals surface area contributed by atoms with Crippen LogP contribution in [0.25, 0.3) is 0 Å². The average molecular weight is 347 g/mol. The number of ether oxygens (including phenoxy) is 1. The second-order valence-corrected chi connectivity index (χ2v) is 7.40. The molecule has 0 fully saturated rings. The molecule has 112 valence electrons. The Morgan fingerprint density at radius 2 is 1.48 bits per heavy atom. The molecule has 0 heterocycles. The van der Waals surface area contributed by atoms with Gasteiger partial charge in [0, 0.05) is 4.47 Å². The highest BCUT2D eigenvalue weighted by atomic mass is 79.9. The van der Waals surface area contributed by atoms with Crippen molar-refractivity contribution in [1.29, 1.82) is 0 Å². The van der Waals surface area contributed by atoms with Gasteiger partial charge >= 0.3 is 0 Å². The van der Waals surface area contributed by atoms with Crippen LogP contribution in [0.15, 0.2) is 40.9 Å². The molecule has 2 aromatic carbocycles. The molecule has 0 spiro atoms. The standard InChI is InChI=1S/C19H23BrO/c1-13-10-17(11-14(2)18(13)20)21-12-15-6-8-16(9-7-15)19(3,4)5/h6-11H,12H2,1-5H3. The minimum atomic E-state index is 0.194. The Morgan fingerprint density at radius 1 is 0.952 bits per heavy atom. The Bertz CT molecular complexity index is 598. The van der Waals surface area contributed by atoms with Crippen molar-refractivity contribution < 1.29 is 4.74 Å². The highest BCUT2D eigenvalue weighted by molar-refractivity contribution is 9.10. The number of hydrogen-bond donors (Lipinski definition) is 0. The lowest BCUT2D eigenvalue weighted by Gasteiger charge is -2.19. The molecular weight excluding hydrogens is 324 g/mol. The molecule has 0 N–H and O–H groups in total. The Balaban J connectivity index is 2.07. The predicted octanol–water partition coefficient (Wildman–Crippen LogP) is 5.94. The first-order chi connectivity index (χ1) is 9.77. The molecule has 2 rings (SSSR count). The quantitative estimate of drug-likeness (QED) is 0.667. The maximum Gasteiger partial charge on any atom is 0.120 e. The van der Waals surface area contributed by atoms with Crippen LogP contribution >= 0.6 is 15.9 Å². The molecule has 0 amide bonds. The fraction of sp³-hybridized carbons (Fsp3) is 0.368. The summed E-state index contributed by atoms with van der Waals surface area (Å²) in [7, 11) is 0. The third-order valence-electron chi connectivity index (χ3n) is 3.64. The smallest absolute Gasteiger partial charge is 0.120 e. The summed E-state index contributed by atoms with van der Waals surface area (Å²) in [5.41, 5.74) is 5.14. The molecule has 2 aromatic rings. The van der Waals surface area contributed by atoms with Gasteiger partial charge in [0.2, 0.25) is 0 Å². The van der Waals surface area contributed by atoms with Gasteiger partial charge in [-0.2, -0.15) is 0 Å². The van der Waals surface area contributed by atoms with E-state index in [1.807, 2.05) is 0 Å². The van der Waals surface area contributed by atoms with Gasteiger partial charge in [-0.1, -0.05) is 61.0 Å². The number of halogens is 1. The van der Waals surface area contributed by atoms with E-state index in [1.54, 1.807) is 0 Å². The zero-order valence-corrected chi connectivity index (χ0v) is 15.0. The van der Waals surface area contributed by atoms with E-state index in [9.17, 15) is 0 Å². The Hall–Kier alpha value is -1.28. The van der Waals surface area contributed by atoms with Crippen molar-refractivity contribution in [1.82, 2.24) is 0 Å². The molecule has 21 heavy (non-hydrogen) atoms. The third kappa shape index (κ3) is 4.10. The van der Waals surface area contributed by atoms with Crippen molar-refractivity contribution in [2.45, 2.75) is 46.6 Å². The first-order valence-corrected chi connectivity index (χ1v) is 8.05. The summed E-state index contributed by atoms with van der Waals surface area (Å²) >= 11 is 3.58. The molecule has 0 atom stereocenters. The minimum absolute atomic E-state index is 0.194. The van der Waals surface area contributed by atoms with Crippen LogP contribution in [0.2, 0.25) is 0 Å². The molecular formula is C19H23BrO. The van der Waals surface area contributed by atoms with E-state index in [4.69, 9.17) is 4.74 Å². The second-order valence-electron chi connectivity index (χ2n) is 6.61. The fourth-order valence-electron chi connectivity index (χ4n) is 2.26. The summed E-state index contributed by atoms with van der Waals surface area (Å²) in [4.78, 5) is 0. The summed E-state index contributed by atoms with van der Waals surface area (Å²) < 4.78 is 7.07. The molecule has 0 aliphatic rings. The van der Waals surface area contributed by atoms with Gasteiger partial charge in [0.05, 0.1) is 0 Å². The van der Waals surface area contributed by atoms with Gasteiger partial charge < -0.3 is 4.74 Å². The van der Waals surface area contributed by atoms with E-state index >= 15 is 0 Å². The normalized spacial score (nSPS) is 11.5. The molecule has 0 unspecified atom stereocenters. The van der Waals surface area contributed by atoms with Crippen molar-refractivity contribution in [3.8, 4) is 5.75 Å². The lowest BCUT2D eigenvalue weighted by molar-refractivity contribution is 0.305. The minimum Gasteiger partial charge on any atom is -0.489 e. The maximum absolute atomic E-state index is 5.91. The van der Waals surface area contributed by atoms with Gasteiger partial charge in [0.15, 0.2) is 0 Å². The summed E-state index contributed by atoms with van der Waals surface area (Å²) in [5.74, 6) is 0.924. The lowest BCUT2D eigenvalue weighted by atomic mass is 9.87. The van der Waals surface area contributed by atoms with Crippen LogP contribution in [0.3, 0.4) is 0 Å². The Morgan fingerprint density at radius 3 is 1.95 bits per heavy atom. The molecule has 0 bridgehead atoms. The Kier molecular flexibility index (Phi) is 4.77. The molecule has 0 aliphatic carbocycles.